The minimum atomic E-state index is -0.0239. The molecular formula is C24H23N2O3+. The summed E-state index contributed by atoms with van der Waals surface area (Å²) >= 11 is 0. The Bertz CT molecular complexity index is 1080. The van der Waals surface area contributed by atoms with Crippen LogP contribution in [0.5, 0.6) is 17.2 Å². The number of rotatable bonds is 3. The summed E-state index contributed by atoms with van der Waals surface area (Å²) in [5, 5.41) is 16.3. The molecule has 2 unspecified atom stereocenters. The van der Waals surface area contributed by atoms with Crippen molar-refractivity contribution in [1.29, 1.82) is 0 Å². The van der Waals surface area contributed by atoms with E-state index in [1.165, 1.54) is 11.1 Å². The fourth-order valence-electron chi connectivity index (χ4n) is 3.88. The van der Waals surface area contributed by atoms with Gasteiger partial charge < -0.3 is 25.2 Å². The fraction of sp³-hybridized carbons (Fsp3) is 0.167. The molecule has 0 saturated heterocycles. The lowest BCUT2D eigenvalue weighted by Gasteiger charge is -2.30. The van der Waals surface area contributed by atoms with E-state index in [9.17, 15) is 5.11 Å². The zero-order valence-corrected chi connectivity index (χ0v) is 16.1. The van der Waals surface area contributed by atoms with Gasteiger partial charge in [-0.1, -0.05) is 42.0 Å². The average molecular weight is 387 g/mol. The van der Waals surface area contributed by atoms with Crippen LogP contribution in [0.15, 0.2) is 72.8 Å². The molecule has 0 fully saturated rings. The minimum absolute atomic E-state index is 0.0191. The number of benzene rings is 3. The number of phenolic OH excluding ortho intramolecular Hbond substituents is 1. The zero-order valence-electron chi connectivity index (χ0n) is 16.1. The van der Waals surface area contributed by atoms with Crippen LogP contribution < -0.4 is 20.1 Å². The molecule has 0 bridgehead atoms. The van der Waals surface area contributed by atoms with Crippen LogP contribution in [0.3, 0.4) is 0 Å². The summed E-state index contributed by atoms with van der Waals surface area (Å²) in [4.78, 5) is 0. The molecule has 5 nitrogen and oxygen atoms in total. The number of hydrogen-bond donors (Lipinski definition) is 3. The molecule has 3 aromatic rings. The molecule has 0 aromatic heterocycles. The molecule has 2 aliphatic heterocycles. The molecule has 146 valence electrons. The van der Waals surface area contributed by atoms with Crippen LogP contribution in [0.1, 0.15) is 34.5 Å². The number of fused-ring (bicyclic) bond motifs is 1. The summed E-state index contributed by atoms with van der Waals surface area (Å²) in [5.41, 5.74) is 5.34. The van der Waals surface area contributed by atoms with Gasteiger partial charge in [-0.05, 0) is 37.3 Å². The van der Waals surface area contributed by atoms with E-state index in [2.05, 4.69) is 47.9 Å². The van der Waals surface area contributed by atoms with Crippen molar-refractivity contribution in [2.24, 2.45) is 0 Å². The predicted molar refractivity (Wildman–Crippen MR) is 110 cm³/mol. The van der Waals surface area contributed by atoms with Gasteiger partial charge in [-0.15, -0.1) is 0 Å². The first kappa shape index (κ1) is 17.6. The quantitative estimate of drug-likeness (QED) is 0.645. The van der Waals surface area contributed by atoms with Crippen molar-refractivity contribution in [1.82, 2.24) is 5.32 Å². The van der Waals surface area contributed by atoms with Crippen molar-refractivity contribution in [2.75, 3.05) is 6.79 Å². The maximum absolute atomic E-state index is 10.4. The lowest BCUT2D eigenvalue weighted by atomic mass is 9.97. The van der Waals surface area contributed by atoms with Crippen molar-refractivity contribution in [3.8, 4) is 17.2 Å². The molecule has 0 saturated carbocycles. The van der Waals surface area contributed by atoms with Gasteiger partial charge in [0.05, 0.1) is 5.56 Å². The van der Waals surface area contributed by atoms with Gasteiger partial charge in [0.15, 0.2) is 17.7 Å². The molecule has 0 amide bonds. The lowest BCUT2D eigenvalue weighted by Crippen LogP contribution is -2.89. The van der Waals surface area contributed by atoms with E-state index < -0.39 is 0 Å². The largest absolute Gasteiger partial charge is 0.507 e. The molecule has 5 rings (SSSR count). The van der Waals surface area contributed by atoms with Gasteiger partial charge in [-0.3, -0.25) is 0 Å². The first-order valence-electron chi connectivity index (χ1n) is 9.75. The first-order valence-corrected chi connectivity index (χ1v) is 9.75. The van der Waals surface area contributed by atoms with Crippen molar-refractivity contribution < 1.29 is 19.9 Å². The molecular weight excluding hydrogens is 364 g/mol. The second-order valence-corrected chi connectivity index (χ2v) is 7.46. The van der Waals surface area contributed by atoms with Crippen molar-refractivity contribution >= 4 is 5.70 Å². The molecule has 0 spiro atoms. The smallest absolute Gasteiger partial charge is 0.231 e. The van der Waals surface area contributed by atoms with Crippen molar-refractivity contribution in [3.63, 3.8) is 0 Å². The van der Waals surface area contributed by atoms with Crippen LogP contribution in [0, 0.1) is 6.92 Å². The van der Waals surface area contributed by atoms with E-state index in [1.807, 2.05) is 36.4 Å². The summed E-state index contributed by atoms with van der Waals surface area (Å²) in [6.45, 7) is 2.34. The monoisotopic (exact) mass is 387 g/mol. The van der Waals surface area contributed by atoms with Crippen LogP contribution in [0.25, 0.3) is 5.70 Å². The molecule has 3 aromatic carbocycles. The number of para-hydroxylation sites is 1. The molecule has 0 radical (unpaired) electrons. The van der Waals surface area contributed by atoms with Gasteiger partial charge in [-0.25, -0.2) is 0 Å². The summed E-state index contributed by atoms with van der Waals surface area (Å²) in [7, 11) is 0. The molecule has 2 atom stereocenters. The summed E-state index contributed by atoms with van der Waals surface area (Å²) in [5.74, 6) is 1.83. The van der Waals surface area contributed by atoms with Gasteiger partial charge in [-0.2, -0.15) is 0 Å². The number of quaternary nitrogens is 1. The Kier molecular flexibility index (Phi) is 4.37. The van der Waals surface area contributed by atoms with Crippen LogP contribution in [-0.2, 0) is 0 Å². The summed E-state index contributed by atoms with van der Waals surface area (Å²) in [6.07, 6.45) is 2.17. The normalized spacial score (nSPS) is 20.1. The third kappa shape index (κ3) is 3.41. The predicted octanol–water partition coefficient (Wildman–Crippen LogP) is 3.38. The Labute approximate surface area is 169 Å². The summed E-state index contributed by atoms with van der Waals surface area (Å²) < 4.78 is 11.0. The van der Waals surface area contributed by atoms with E-state index in [0.717, 1.165) is 28.3 Å². The van der Waals surface area contributed by atoms with Gasteiger partial charge in [0.2, 0.25) is 6.79 Å². The highest BCUT2D eigenvalue weighted by atomic mass is 16.7. The molecule has 0 aliphatic carbocycles. The van der Waals surface area contributed by atoms with Crippen LogP contribution >= 0.6 is 0 Å². The topological polar surface area (TPSA) is 67.3 Å². The van der Waals surface area contributed by atoms with E-state index in [1.54, 1.807) is 6.07 Å². The van der Waals surface area contributed by atoms with Crippen LogP contribution in [0.2, 0.25) is 0 Å². The van der Waals surface area contributed by atoms with E-state index in [0.29, 0.717) is 5.75 Å². The van der Waals surface area contributed by atoms with Gasteiger partial charge >= 0.3 is 0 Å². The minimum Gasteiger partial charge on any atom is -0.507 e. The number of hydrogen-bond acceptors (Lipinski definition) is 4. The van der Waals surface area contributed by atoms with Gasteiger partial charge in [0, 0.05) is 22.9 Å². The number of nitrogens with one attached hydrogen (secondary N) is 1. The Morgan fingerprint density at radius 1 is 0.966 bits per heavy atom. The van der Waals surface area contributed by atoms with Crippen molar-refractivity contribution in [3.05, 3.63) is 95.1 Å². The Balaban J connectivity index is 1.56. The molecule has 29 heavy (non-hydrogen) atoms. The number of ether oxygens (including phenoxy) is 2. The first-order chi connectivity index (χ1) is 14.2. The zero-order chi connectivity index (χ0) is 19.8. The fourth-order valence-corrected chi connectivity index (χ4v) is 3.88. The second-order valence-electron chi connectivity index (χ2n) is 7.46. The molecule has 2 aliphatic rings. The summed E-state index contributed by atoms with van der Waals surface area (Å²) in [6, 6.07) is 22.0. The Morgan fingerprint density at radius 2 is 1.76 bits per heavy atom. The second kappa shape index (κ2) is 7.18. The molecule has 4 N–H and O–H groups in total. The Hall–Kier alpha value is -3.44. The highest BCUT2D eigenvalue weighted by Gasteiger charge is 2.29. The van der Waals surface area contributed by atoms with Crippen LogP contribution in [0.4, 0.5) is 0 Å². The molecule has 2 heterocycles. The number of aromatic hydroxyl groups is 1. The van der Waals surface area contributed by atoms with Gasteiger partial charge in [0.1, 0.15) is 11.8 Å². The lowest BCUT2D eigenvalue weighted by molar-refractivity contribution is -0.731. The van der Waals surface area contributed by atoms with Crippen molar-refractivity contribution in [2.45, 2.75) is 19.1 Å². The highest BCUT2D eigenvalue weighted by Crippen LogP contribution is 2.36. The third-order valence-electron chi connectivity index (χ3n) is 5.47. The number of nitrogens with two attached hydrogens (primary N) is 1. The number of aryl methyl sites for hydroxylation is 1. The maximum atomic E-state index is 10.4. The third-order valence-corrected chi connectivity index (χ3v) is 5.47. The van der Waals surface area contributed by atoms with Gasteiger partial charge in [0.25, 0.3) is 0 Å². The average Bonchev–Trinajstić information content (AvgIpc) is 3.22. The van der Waals surface area contributed by atoms with E-state index in [-0.39, 0.29) is 19.0 Å². The van der Waals surface area contributed by atoms with E-state index >= 15 is 0 Å². The maximum Gasteiger partial charge on any atom is 0.231 e. The SMILES string of the molecule is Cc1ccc(C2NC(c3ccc4c(c3)OCO4)=CC(c3ccccc3O)[NH2+]2)cc1. The highest BCUT2D eigenvalue weighted by molar-refractivity contribution is 5.68. The number of phenols is 1. The van der Waals surface area contributed by atoms with Crippen LogP contribution in [-0.4, -0.2) is 11.9 Å². The van der Waals surface area contributed by atoms with E-state index in [4.69, 9.17) is 9.47 Å². The standard InChI is InChI=1S/C24H22N2O3/c1-15-6-8-16(9-7-15)24-25-19(17-10-11-22-23(12-17)29-14-28-22)13-20(26-24)18-4-2-3-5-21(18)27/h2-13,20,24-27H,14H2,1H3/p+1. The molecule has 5 heteroatoms. The Morgan fingerprint density at radius 3 is 2.59 bits per heavy atom.